The zero-order valence-electron chi connectivity index (χ0n) is 15.2. The van der Waals surface area contributed by atoms with Crippen molar-refractivity contribution in [2.75, 3.05) is 26.2 Å². The maximum absolute atomic E-state index is 11.8. The van der Waals surface area contributed by atoms with Gasteiger partial charge in [-0.3, -0.25) is 14.5 Å². The normalized spacial score (nSPS) is 20.0. The van der Waals surface area contributed by atoms with Crippen molar-refractivity contribution >= 4 is 17.8 Å². The molecule has 0 radical (unpaired) electrons. The smallest absolute Gasteiger partial charge is 0.229 e. The molecule has 1 unspecified atom stereocenters. The fourth-order valence-corrected chi connectivity index (χ4v) is 3.23. The molecule has 2 aliphatic heterocycles. The van der Waals surface area contributed by atoms with Crippen molar-refractivity contribution in [3.05, 3.63) is 29.8 Å². The van der Waals surface area contributed by atoms with Gasteiger partial charge in [-0.2, -0.15) is 0 Å². The van der Waals surface area contributed by atoms with Gasteiger partial charge in [-0.15, -0.1) is 0 Å². The van der Waals surface area contributed by atoms with Crippen molar-refractivity contribution < 1.29 is 14.3 Å². The van der Waals surface area contributed by atoms with Crippen LogP contribution in [0.2, 0.25) is 0 Å². The van der Waals surface area contributed by atoms with E-state index >= 15 is 0 Å². The van der Waals surface area contributed by atoms with E-state index in [1.807, 2.05) is 25.1 Å². The molecular weight excluding hydrogens is 332 g/mol. The topological polar surface area (TPSA) is 83.0 Å². The Kier molecular flexibility index (Phi) is 6.09. The number of ether oxygens (including phenoxy) is 1. The van der Waals surface area contributed by atoms with Crippen molar-refractivity contribution in [1.82, 2.24) is 15.5 Å². The van der Waals surface area contributed by atoms with Crippen molar-refractivity contribution in [1.29, 1.82) is 0 Å². The number of nitrogens with one attached hydrogen (secondary N) is 2. The number of carbonyl (C=O) groups is 2. The van der Waals surface area contributed by atoms with Crippen molar-refractivity contribution in [3.63, 3.8) is 0 Å². The van der Waals surface area contributed by atoms with Gasteiger partial charge < -0.3 is 15.4 Å². The highest BCUT2D eigenvalue weighted by molar-refractivity contribution is 5.97. The number of hydrogen-bond acceptors (Lipinski definition) is 4. The fourth-order valence-electron chi connectivity index (χ4n) is 3.23. The molecule has 7 heteroatoms. The van der Waals surface area contributed by atoms with Crippen molar-refractivity contribution in [3.8, 4) is 5.75 Å². The van der Waals surface area contributed by atoms with Crippen molar-refractivity contribution in [2.24, 2.45) is 4.99 Å². The second kappa shape index (κ2) is 8.69. The molecule has 7 nitrogen and oxygen atoms in total. The molecule has 140 valence electrons. The number of rotatable bonds is 6. The van der Waals surface area contributed by atoms with Crippen LogP contribution in [0.5, 0.6) is 5.75 Å². The van der Waals surface area contributed by atoms with Gasteiger partial charge in [0.05, 0.1) is 6.54 Å². The fraction of sp³-hybridized carbons (Fsp3) is 0.526. The number of para-hydroxylation sites is 1. The van der Waals surface area contributed by atoms with E-state index in [1.54, 1.807) is 0 Å². The first-order valence-electron chi connectivity index (χ1n) is 9.27. The summed E-state index contributed by atoms with van der Waals surface area (Å²) in [6.45, 7) is 4.13. The zero-order chi connectivity index (χ0) is 18.4. The number of hydrogen-bond donors (Lipinski definition) is 2. The monoisotopic (exact) mass is 358 g/mol. The summed E-state index contributed by atoms with van der Waals surface area (Å²) in [4.78, 5) is 29.6. The first-order chi connectivity index (χ1) is 12.7. The minimum atomic E-state index is -0.0814. The number of fused-ring (bicyclic) bond motifs is 1. The standard InChI is InChI=1S/C19H26N4O3/c1-2-20-19(21-10-11-23-17(24)8-5-9-18(23)25)22-13-15-12-14-6-3-4-7-16(14)26-15/h3-4,6-7,15H,2,5,8-13H2,1H3,(H2,20,21,22). The molecule has 0 spiro atoms. The molecule has 2 aliphatic rings. The SMILES string of the molecule is CCNC(=NCC1Cc2ccccc2O1)NCCN1C(=O)CCCC1=O. The molecule has 2 heterocycles. The Balaban J connectivity index is 1.48. The minimum absolute atomic E-state index is 0.0353. The quantitative estimate of drug-likeness (QED) is 0.452. The highest BCUT2D eigenvalue weighted by Gasteiger charge is 2.25. The average molecular weight is 358 g/mol. The van der Waals surface area contributed by atoms with Gasteiger partial charge in [-0.05, 0) is 25.0 Å². The Morgan fingerprint density at radius 1 is 1.23 bits per heavy atom. The highest BCUT2D eigenvalue weighted by atomic mass is 16.5. The van der Waals surface area contributed by atoms with Gasteiger partial charge in [0.25, 0.3) is 0 Å². The summed E-state index contributed by atoms with van der Waals surface area (Å²) in [5.74, 6) is 1.45. The summed E-state index contributed by atoms with van der Waals surface area (Å²) in [6.07, 6.45) is 2.47. The van der Waals surface area contributed by atoms with Crippen LogP contribution in [0, 0.1) is 0 Å². The van der Waals surface area contributed by atoms with Gasteiger partial charge in [0, 0.05) is 38.9 Å². The lowest BCUT2D eigenvalue weighted by molar-refractivity contribution is -0.147. The van der Waals surface area contributed by atoms with E-state index < -0.39 is 0 Å². The van der Waals surface area contributed by atoms with Crippen LogP contribution >= 0.6 is 0 Å². The molecule has 1 aromatic rings. The molecular formula is C19H26N4O3. The number of piperidine rings is 1. The average Bonchev–Trinajstić information content (AvgIpc) is 3.05. The predicted octanol–water partition coefficient (Wildman–Crippen LogP) is 1.08. The summed E-state index contributed by atoms with van der Waals surface area (Å²) < 4.78 is 5.90. The van der Waals surface area contributed by atoms with E-state index in [-0.39, 0.29) is 17.9 Å². The van der Waals surface area contributed by atoms with E-state index in [2.05, 4.69) is 21.7 Å². The lowest BCUT2D eigenvalue weighted by Gasteiger charge is -2.25. The molecule has 1 fully saturated rings. The number of likely N-dealkylation sites (tertiary alicyclic amines) is 1. The third-order valence-electron chi connectivity index (χ3n) is 4.52. The van der Waals surface area contributed by atoms with Crippen LogP contribution < -0.4 is 15.4 Å². The summed E-state index contributed by atoms with van der Waals surface area (Å²) >= 11 is 0. The number of carbonyl (C=O) groups excluding carboxylic acids is 2. The Bertz CT molecular complexity index is 648. The summed E-state index contributed by atoms with van der Waals surface area (Å²) in [5, 5.41) is 6.37. The highest BCUT2D eigenvalue weighted by Crippen LogP contribution is 2.28. The van der Waals surface area contributed by atoms with E-state index in [9.17, 15) is 9.59 Å². The molecule has 1 aromatic carbocycles. The van der Waals surface area contributed by atoms with Crippen LogP contribution in [0.1, 0.15) is 31.7 Å². The van der Waals surface area contributed by atoms with Crippen LogP contribution in [-0.2, 0) is 16.0 Å². The number of benzene rings is 1. The molecule has 0 saturated carbocycles. The van der Waals surface area contributed by atoms with E-state index in [4.69, 9.17) is 4.74 Å². The first kappa shape index (κ1) is 18.2. The van der Waals surface area contributed by atoms with Gasteiger partial charge in [0.1, 0.15) is 11.9 Å². The van der Waals surface area contributed by atoms with Crippen LogP contribution in [0.25, 0.3) is 0 Å². The minimum Gasteiger partial charge on any atom is -0.488 e. The van der Waals surface area contributed by atoms with E-state index in [0.29, 0.717) is 44.9 Å². The third kappa shape index (κ3) is 4.53. The van der Waals surface area contributed by atoms with Gasteiger partial charge in [-0.1, -0.05) is 18.2 Å². The maximum atomic E-state index is 11.8. The molecule has 26 heavy (non-hydrogen) atoms. The molecule has 1 atom stereocenters. The van der Waals surface area contributed by atoms with Crippen LogP contribution in [0.15, 0.2) is 29.3 Å². The van der Waals surface area contributed by atoms with Crippen molar-refractivity contribution in [2.45, 2.75) is 38.7 Å². The lowest BCUT2D eigenvalue weighted by Crippen LogP contribution is -2.46. The van der Waals surface area contributed by atoms with Gasteiger partial charge in [-0.25, -0.2) is 4.99 Å². The predicted molar refractivity (Wildman–Crippen MR) is 99.1 cm³/mol. The summed E-state index contributed by atoms with van der Waals surface area (Å²) in [5.41, 5.74) is 1.22. The second-order valence-corrected chi connectivity index (χ2v) is 6.49. The Morgan fingerprint density at radius 2 is 2.00 bits per heavy atom. The lowest BCUT2D eigenvalue weighted by atomic mass is 10.1. The maximum Gasteiger partial charge on any atom is 0.229 e. The zero-order valence-corrected chi connectivity index (χ0v) is 15.2. The number of nitrogens with zero attached hydrogens (tertiary/aromatic N) is 2. The number of aliphatic imine (C=N–C) groups is 1. The number of imide groups is 1. The molecule has 2 N–H and O–H groups in total. The summed E-state index contributed by atoms with van der Waals surface area (Å²) in [6, 6.07) is 8.05. The molecule has 2 amide bonds. The number of guanidine groups is 1. The number of amides is 2. The van der Waals surface area contributed by atoms with Crippen LogP contribution in [0.3, 0.4) is 0 Å². The molecule has 1 saturated heterocycles. The van der Waals surface area contributed by atoms with Crippen LogP contribution in [0.4, 0.5) is 0 Å². The van der Waals surface area contributed by atoms with Gasteiger partial charge in [0.15, 0.2) is 5.96 Å². The van der Waals surface area contributed by atoms with E-state index in [1.165, 1.54) is 10.5 Å². The molecule has 3 rings (SSSR count). The molecule has 0 aliphatic carbocycles. The first-order valence-corrected chi connectivity index (χ1v) is 9.27. The molecule has 0 aromatic heterocycles. The van der Waals surface area contributed by atoms with E-state index in [0.717, 1.165) is 18.7 Å². The van der Waals surface area contributed by atoms with Gasteiger partial charge >= 0.3 is 0 Å². The summed E-state index contributed by atoms with van der Waals surface area (Å²) in [7, 11) is 0. The molecule has 0 bridgehead atoms. The van der Waals surface area contributed by atoms with Crippen LogP contribution in [-0.4, -0.2) is 55.0 Å². The van der Waals surface area contributed by atoms with Gasteiger partial charge in [0.2, 0.25) is 11.8 Å². The Labute approximate surface area is 153 Å². The third-order valence-corrected chi connectivity index (χ3v) is 4.52. The second-order valence-electron chi connectivity index (χ2n) is 6.49. The Morgan fingerprint density at radius 3 is 2.73 bits per heavy atom. The largest absolute Gasteiger partial charge is 0.488 e. The Hall–Kier alpha value is -2.57.